The van der Waals surface area contributed by atoms with E-state index in [2.05, 4.69) is 10.3 Å². The molecule has 4 rings (SSSR count). The first-order valence-electron chi connectivity index (χ1n) is 12.6. The molecule has 2 N–H and O–H groups in total. The molecule has 1 amide bonds. The predicted octanol–water partition coefficient (Wildman–Crippen LogP) is 5.14. The summed E-state index contributed by atoms with van der Waals surface area (Å²) in [5.41, 5.74) is 0.780. The number of rotatable bonds is 9. The quantitative estimate of drug-likeness (QED) is 0.277. The SMILES string of the molecule is O=C(OC1CC=C(CC(NC(=O)C2CCCN2S(=O)(=O)c2cc(Cl)cc(Cl)c2)C(=O)O)CC1)c1c(Cl)cncc1Cl. The monoisotopic (exact) mass is 663 g/mol. The molecule has 0 saturated carbocycles. The van der Waals surface area contributed by atoms with E-state index < -0.39 is 46.1 Å². The molecule has 220 valence electrons. The number of sulfonamides is 1. The highest BCUT2D eigenvalue weighted by atomic mass is 35.5. The van der Waals surface area contributed by atoms with Gasteiger partial charge >= 0.3 is 11.9 Å². The number of nitrogens with zero attached hydrogens (tertiary/aromatic N) is 2. The second-order valence-electron chi connectivity index (χ2n) is 9.62. The summed E-state index contributed by atoms with van der Waals surface area (Å²) in [5, 5.41) is 12.7. The molecule has 1 saturated heterocycles. The van der Waals surface area contributed by atoms with Crippen LogP contribution in [0.3, 0.4) is 0 Å². The fraction of sp³-hybridized carbons (Fsp3) is 0.385. The van der Waals surface area contributed by atoms with Crippen molar-refractivity contribution in [1.29, 1.82) is 0 Å². The van der Waals surface area contributed by atoms with E-state index in [1.54, 1.807) is 6.08 Å². The van der Waals surface area contributed by atoms with Gasteiger partial charge in [-0.05, 0) is 50.3 Å². The lowest BCUT2D eigenvalue weighted by Crippen LogP contribution is -2.51. The van der Waals surface area contributed by atoms with Crippen LogP contribution in [0.25, 0.3) is 0 Å². The number of aromatic nitrogens is 1. The van der Waals surface area contributed by atoms with E-state index in [-0.39, 0.29) is 49.9 Å². The number of hydrogen-bond acceptors (Lipinski definition) is 7. The molecule has 10 nitrogen and oxygen atoms in total. The lowest BCUT2D eigenvalue weighted by Gasteiger charge is -2.27. The zero-order valence-corrected chi connectivity index (χ0v) is 25.2. The van der Waals surface area contributed by atoms with Crippen LogP contribution in [0, 0.1) is 0 Å². The van der Waals surface area contributed by atoms with Crippen molar-refractivity contribution in [2.45, 2.75) is 61.6 Å². The second kappa shape index (κ2) is 13.3. The van der Waals surface area contributed by atoms with Gasteiger partial charge < -0.3 is 15.2 Å². The topological polar surface area (TPSA) is 143 Å². The van der Waals surface area contributed by atoms with E-state index in [1.807, 2.05) is 0 Å². The van der Waals surface area contributed by atoms with Gasteiger partial charge in [0.2, 0.25) is 15.9 Å². The summed E-state index contributed by atoms with van der Waals surface area (Å²) >= 11 is 24.0. The number of hydrogen-bond donors (Lipinski definition) is 2. The molecule has 15 heteroatoms. The molecule has 2 heterocycles. The minimum absolute atomic E-state index is 0.00707. The number of carboxylic acids is 1. The number of halogens is 4. The highest BCUT2D eigenvalue weighted by Gasteiger charge is 2.41. The van der Waals surface area contributed by atoms with Gasteiger partial charge in [-0.1, -0.05) is 58.1 Å². The van der Waals surface area contributed by atoms with Crippen molar-refractivity contribution < 1.29 is 32.6 Å². The highest BCUT2D eigenvalue weighted by molar-refractivity contribution is 7.89. The molecule has 41 heavy (non-hydrogen) atoms. The Morgan fingerprint density at radius 3 is 2.32 bits per heavy atom. The number of aliphatic carboxylic acids is 1. The first-order chi connectivity index (χ1) is 19.4. The van der Waals surface area contributed by atoms with E-state index in [0.29, 0.717) is 25.7 Å². The Bertz CT molecular complexity index is 1460. The number of carboxylic acid groups (broad SMARTS) is 1. The van der Waals surface area contributed by atoms with Crippen LogP contribution >= 0.6 is 46.4 Å². The molecule has 1 aliphatic heterocycles. The fourth-order valence-corrected chi connectivity index (χ4v) is 7.71. The van der Waals surface area contributed by atoms with Crippen molar-refractivity contribution >= 4 is 74.3 Å². The van der Waals surface area contributed by atoms with Crippen molar-refractivity contribution in [2.75, 3.05) is 6.54 Å². The van der Waals surface area contributed by atoms with Gasteiger partial charge in [-0.3, -0.25) is 9.78 Å². The molecule has 1 aliphatic carbocycles. The van der Waals surface area contributed by atoms with Gasteiger partial charge in [0.15, 0.2) is 0 Å². The van der Waals surface area contributed by atoms with Crippen molar-refractivity contribution in [3.05, 3.63) is 67.9 Å². The van der Waals surface area contributed by atoms with Crippen molar-refractivity contribution in [3.63, 3.8) is 0 Å². The average Bonchev–Trinajstić information content (AvgIpc) is 3.40. The molecule has 3 atom stereocenters. The predicted molar refractivity (Wildman–Crippen MR) is 153 cm³/mol. The number of carbonyl (C=O) groups is 3. The minimum Gasteiger partial charge on any atom is -0.480 e. The van der Waals surface area contributed by atoms with E-state index in [4.69, 9.17) is 51.1 Å². The average molecular weight is 665 g/mol. The van der Waals surface area contributed by atoms with E-state index in [1.165, 1.54) is 30.6 Å². The van der Waals surface area contributed by atoms with Crippen LogP contribution in [0.4, 0.5) is 0 Å². The molecule has 0 radical (unpaired) electrons. The lowest BCUT2D eigenvalue weighted by molar-refractivity contribution is -0.142. The fourth-order valence-electron chi connectivity index (χ4n) is 4.81. The largest absolute Gasteiger partial charge is 0.480 e. The number of pyridine rings is 1. The van der Waals surface area contributed by atoms with Crippen LogP contribution in [-0.2, 0) is 24.3 Å². The minimum atomic E-state index is -4.12. The van der Waals surface area contributed by atoms with Crippen LogP contribution in [0.1, 0.15) is 48.9 Å². The van der Waals surface area contributed by atoms with Gasteiger partial charge in [0.1, 0.15) is 18.2 Å². The summed E-state index contributed by atoms with van der Waals surface area (Å²) in [6.45, 7) is 0.0868. The summed E-state index contributed by atoms with van der Waals surface area (Å²) in [4.78, 5) is 41.4. The zero-order valence-electron chi connectivity index (χ0n) is 21.4. The summed E-state index contributed by atoms with van der Waals surface area (Å²) < 4.78 is 33.1. The number of carbonyl (C=O) groups excluding carboxylic acids is 2. The molecule has 0 bridgehead atoms. The summed E-state index contributed by atoms with van der Waals surface area (Å²) in [5.74, 6) is -2.65. The van der Waals surface area contributed by atoms with Gasteiger partial charge in [-0.25, -0.2) is 18.0 Å². The number of ether oxygens (including phenoxy) is 1. The van der Waals surface area contributed by atoms with Gasteiger partial charge in [0, 0.05) is 35.4 Å². The van der Waals surface area contributed by atoms with Crippen molar-refractivity contribution in [2.24, 2.45) is 0 Å². The van der Waals surface area contributed by atoms with E-state index >= 15 is 0 Å². The molecule has 2 aliphatic rings. The van der Waals surface area contributed by atoms with Gasteiger partial charge in [-0.15, -0.1) is 0 Å². The third-order valence-corrected chi connectivity index (χ3v) is 9.71. The maximum Gasteiger partial charge on any atom is 0.341 e. The summed E-state index contributed by atoms with van der Waals surface area (Å²) in [6.07, 6.45) is 5.72. The number of nitrogens with one attached hydrogen (secondary N) is 1. The lowest BCUT2D eigenvalue weighted by atomic mass is 9.92. The Morgan fingerprint density at radius 1 is 1.07 bits per heavy atom. The van der Waals surface area contributed by atoms with Crippen molar-refractivity contribution in [1.82, 2.24) is 14.6 Å². The second-order valence-corrected chi connectivity index (χ2v) is 13.2. The van der Waals surface area contributed by atoms with Crippen LogP contribution in [0.2, 0.25) is 20.1 Å². The zero-order chi connectivity index (χ0) is 29.9. The Labute approximate surface area is 256 Å². The Balaban J connectivity index is 1.39. The molecular formula is C26H25Cl4N3O7S. The van der Waals surface area contributed by atoms with Gasteiger partial charge in [0.05, 0.1) is 20.5 Å². The molecule has 1 aromatic heterocycles. The maximum absolute atomic E-state index is 13.3. The smallest absolute Gasteiger partial charge is 0.341 e. The van der Waals surface area contributed by atoms with Gasteiger partial charge in [-0.2, -0.15) is 4.31 Å². The first kappa shape index (κ1) is 31.5. The summed E-state index contributed by atoms with van der Waals surface area (Å²) in [6, 6.07) is 1.52. The van der Waals surface area contributed by atoms with Gasteiger partial charge in [0.25, 0.3) is 0 Å². The van der Waals surface area contributed by atoms with Crippen LogP contribution in [0.15, 0.2) is 47.1 Å². The van der Waals surface area contributed by atoms with Crippen LogP contribution in [0.5, 0.6) is 0 Å². The highest BCUT2D eigenvalue weighted by Crippen LogP contribution is 2.31. The standard InChI is InChI=1S/C26H25Cl4N3O7S/c27-15-9-16(28)11-18(10-15)41(38,39)33-7-1-2-22(33)24(34)32-21(25(35)36)8-14-3-5-17(6-4-14)40-26(37)23-19(29)12-31-13-20(23)30/h3,9-13,17,21-22H,1-2,4-8H2,(H,32,34)(H,35,36). The number of benzene rings is 1. The molecule has 1 aromatic carbocycles. The van der Waals surface area contributed by atoms with E-state index in [9.17, 15) is 27.9 Å². The Morgan fingerprint density at radius 2 is 1.73 bits per heavy atom. The normalized spacial score (nSPS) is 20.2. The van der Waals surface area contributed by atoms with E-state index in [0.717, 1.165) is 9.88 Å². The molecular weight excluding hydrogens is 640 g/mol. The summed E-state index contributed by atoms with van der Waals surface area (Å²) in [7, 11) is -4.12. The number of esters is 1. The molecule has 1 fully saturated rings. The Hall–Kier alpha value is -2.41. The maximum atomic E-state index is 13.3. The van der Waals surface area contributed by atoms with Crippen LogP contribution in [-0.4, -0.2) is 65.4 Å². The van der Waals surface area contributed by atoms with Crippen LogP contribution < -0.4 is 5.32 Å². The third-order valence-electron chi connectivity index (χ3n) is 6.82. The Kier molecular flexibility index (Phi) is 10.2. The molecule has 3 unspecified atom stereocenters. The third kappa shape index (κ3) is 7.52. The first-order valence-corrected chi connectivity index (χ1v) is 15.5. The molecule has 0 spiro atoms. The molecule has 2 aromatic rings. The van der Waals surface area contributed by atoms with Crippen molar-refractivity contribution in [3.8, 4) is 0 Å². The number of amides is 1.